The summed E-state index contributed by atoms with van der Waals surface area (Å²) in [5.74, 6) is 0.701. The van der Waals surface area contributed by atoms with Crippen LogP contribution in [0.15, 0.2) is 22.7 Å². The molecular formula is C14H21BrN2O2. The number of hydrogen-bond acceptors (Lipinski definition) is 3. The normalized spacial score (nSPS) is 12.5. The number of nitro benzene ring substituents is 1. The van der Waals surface area contributed by atoms with Crippen molar-refractivity contribution in [3.05, 3.63) is 32.8 Å². The van der Waals surface area contributed by atoms with Gasteiger partial charge in [0.1, 0.15) is 5.69 Å². The largest absolute Gasteiger partial charge is 0.377 e. The summed E-state index contributed by atoms with van der Waals surface area (Å²) in [5, 5.41) is 14.2. The number of hydrogen-bond donors (Lipinski definition) is 1. The smallest absolute Gasteiger partial charge is 0.292 e. The highest BCUT2D eigenvalue weighted by Crippen LogP contribution is 2.28. The van der Waals surface area contributed by atoms with Gasteiger partial charge in [0.2, 0.25) is 0 Å². The van der Waals surface area contributed by atoms with E-state index in [0.717, 1.165) is 17.3 Å². The summed E-state index contributed by atoms with van der Waals surface area (Å²) in [6.45, 7) is 6.47. The minimum atomic E-state index is -0.352. The number of rotatable bonds is 7. The molecule has 0 radical (unpaired) electrons. The van der Waals surface area contributed by atoms with E-state index in [1.54, 1.807) is 12.1 Å². The van der Waals surface area contributed by atoms with Crippen LogP contribution < -0.4 is 5.32 Å². The third-order valence-corrected chi connectivity index (χ3v) is 3.47. The van der Waals surface area contributed by atoms with Crippen LogP contribution in [0.25, 0.3) is 0 Å². The van der Waals surface area contributed by atoms with Crippen LogP contribution in [0.4, 0.5) is 11.4 Å². The Morgan fingerprint density at radius 3 is 2.58 bits per heavy atom. The van der Waals surface area contributed by atoms with Crippen molar-refractivity contribution in [1.29, 1.82) is 0 Å². The SMILES string of the molecule is CC(C)CCCC(C)Nc1cc(Br)ccc1[N+](=O)[O-]. The maximum absolute atomic E-state index is 11.0. The lowest BCUT2D eigenvalue weighted by atomic mass is 10.0. The summed E-state index contributed by atoms with van der Waals surface area (Å²) in [6, 6.07) is 5.20. The number of nitrogens with one attached hydrogen (secondary N) is 1. The predicted molar refractivity (Wildman–Crippen MR) is 82.6 cm³/mol. The monoisotopic (exact) mass is 328 g/mol. The fraction of sp³-hybridized carbons (Fsp3) is 0.571. The van der Waals surface area contributed by atoms with Crippen molar-refractivity contribution in [2.24, 2.45) is 5.92 Å². The third-order valence-electron chi connectivity index (χ3n) is 2.98. The van der Waals surface area contributed by atoms with E-state index < -0.39 is 0 Å². The van der Waals surface area contributed by atoms with E-state index in [0.29, 0.717) is 11.6 Å². The average Bonchev–Trinajstić information content (AvgIpc) is 2.27. The first-order valence-corrected chi connectivity index (χ1v) is 7.40. The van der Waals surface area contributed by atoms with E-state index in [2.05, 4.69) is 42.0 Å². The van der Waals surface area contributed by atoms with Gasteiger partial charge in [-0.3, -0.25) is 10.1 Å². The van der Waals surface area contributed by atoms with Crippen molar-refractivity contribution < 1.29 is 4.92 Å². The molecule has 19 heavy (non-hydrogen) atoms. The molecule has 1 atom stereocenters. The van der Waals surface area contributed by atoms with Gasteiger partial charge >= 0.3 is 0 Å². The molecule has 0 fully saturated rings. The van der Waals surface area contributed by atoms with E-state index in [1.807, 2.05) is 0 Å². The molecule has 0 aliphatic rings. The van der Waals surface area contributed by atoms with Gasteiger partial charge in [-0.15, -0.1) is 0 Å². The van der Waals surface area contributed by atoms with Crippen LogP contribution in [0.2, 0.25) is 0 Å². The zero-order chi connectivity index (χ0) is 14.4. The molecule has 0 heterocycles. The number of anilines is 1. The van der Waals surface area contributed by atoms with Gasteiger partial charge in [0.15, 0.2) is 0 Å². The third kappa shape index (κ3) is 5.59. The maximum atomic E-state index is 11.0. The molecular weight excluding hydrogens is 308 g/mol. The Balaban J connectivity index is 2.65. The highest BCUT2D eigenvalue weighted by Gasteiger charge is 2.15. The van der Waals surface area contributed by atoms with Crippen molar-refractivity contribution in [3.63, 3.8) is 0 Å². The first kappa shape index (κ1) is 16.0. The average molecular weight is 329 g/mol. The molecule has 5 heteroatoms. The van der Waals surface area contributed by atoms with Gasteiger partial charge in [0, 0.05) is 16.6 Å². The van der Waals surface area contributed by atoms with Crippen molar-refractivity contribution >= 4 is 27.3 Å². The van der Waals surface area contributed by atoms with Crippen molar-refractivity contribution in [2.45, 2.75) is 46.1 Å². The molecule has 1 unspecified atom stereocenters. The summed E-state index contributed by atoms with van der Waals surface area (Å²) >= 11 is 3.34. The zero-order valence-corrected chi connectivity index (χ0v) is 13.2. The molecule has 1 aromatic carbocycles. The molecule has 0 bridgehead atoms. The van der Waals surface area contributed by atoms with E-state index >= 15 is 0 Å². The van der Waals surface area contributed by atoms with E-state index in [9.17, 15) is 10.1 Å². The second-order valence-corrected chi connectivity index (χ2v) is 6.20. The number of nitrogens with zero attached hydrogens (tertiary/aromatic N) is 1. The second-order valence-electron chi connectivity index (χ2n) is 5.29. The van der Waals surface area contributed by atoms with Gasteiger partial charge in [0.05, 0.1) is 4.92 Å². The first-order chi connectivity index (χ1) is 8.90. The van der Waals surface area contributed by atoms with E-state index in [4.69, 9.17) is 0 Å². The number of nitro groups is 1. The van der Waals surface area contributed by atoms with Gasteiger partial charge in [-0.25, -0.2) is 0 Å². The Bertz CT molecular complexity index is 435. The van der Waals surface area contributed by atoms with Crippen LogP contribution in [0, 0.1) is 16.0 Å². The van der Waals surface area contributed by atoms with Crippen LogP contribution in [-0.2, 0) is 0 Å². The molecule has 4 nitrogen and oxygen atoms in total. The van der Waals surface area contributed by atoms with Crippen LogP contribution in [0.1, 0.15) is 40.0 Å². The lowest BCUT2D eigenvalue weighted by molar-refractivity contribution is -0.384. The van der Waals surface area contributed by atoms with Crippen LogP contribution in [0.3, 0.4) is 0 Å². The second kappa shape index (κ2) is 7.48. The molecule has 0 saturated carbocycles. The quantitative estimate of drug-likeness (QED) is 0.567. The van der Waals surface area contributed by atoms with E-state index in [1.165, 1.54) is 12.5 Å². The van der Waals surface area contributed by atoms with Crippen molar-refractivity contribution in [1.82, 2.24) is 0 Å². The van der Waals surface area contributed by atoms with Crippen LogP contribution >= 0.6 is 15.9 Å². The molecule has 0 aromatic heterocycles. The fourth-order valence-corrected chi connectivity index (χ4v) is 2.31. The minimum absolute atomic E-state index is 0.124. The lowest BCUT2D eigenvalue weighted by Gasteiger charge is -2.16. The van der Waals surface area contributed by atoms with Crippen LogP contribution in [-0.4, -0.2) is 11.0 Å². The van der Waals surface area contributed by atoms with Gasteiger partial charge in [0.25, 0.3) is 5.69 Å². The Morgan fingerprint density at radius 1 is 1.32 bits per heavy atom. The van der Waals surface area contributed by atoms with Crippen molar-refractivity contribution in [3.8, 4) is 0 Å². The minimum Gasteiger partial charge on any atom is -0.377 e. The molecule has 0 saturated heterocycles. The number of halogens is 1. The van der Waals surface area contributed by atoms with Crippen molar-refractivity contribution in [2.75, 3.05) is 5.32 Å². The van der Waals surface area contributed by atoms with Crippen LogP contribution in [0.5, 0.6) is 0 Å². The molecule has 1 N–H and O–H groups in total. The molecule has 0 amide bonds. The lowest BCUT2D eigenvalue weighted by Crippen LogP contribution is -2.16. The first-order valence-electron chi connectivity index (χ1n) is 6.60. The van der Waals surface area contributed by atoms with Gasteiger partial charge in [-0.2, -0.15) is 0 Å². The molecule has 0 aliphatic heterocycles. The molecule has 1 rings (SSSR count). The standard InChI is InChI=1S/C14H21BrN2O2/c1-10(2)5-4-6-11(3)16-13-9-12(15)7-8-14(13)17(18)19/h7-11,16H,4-6H2,1-3H3. The molecule has 0 aliphatic carbocycles. The summed E-state index contributed by atoms with van der Waals surface area (Å²) in [7, 11) is 0. The Hall–Kier alpha value is -1.10. The van der Waals surface area contributed by atoms with Gasteiger partial charge in [-0.05, 0) is 31.4 Å². The molecule has 1 aromatic rings. The van der Waals surface area contributed by atoms with Gasteiger partial charge < -0.3 is 5.32 Å². The fourth-order valence-electron chi connectivity index (χ4n) is 1.95. The summed E-state index contributed by atoms with van der Waals surface area (Å²) in [6.07, 6.45) is 3.34. The molecule has 0 spiro atoms. The zero-order valence-electron chi connectivity index (χ0n) is 11.6. The highest BCUT2D eigenvalue weighted by atomic mass is 79.9. The highest BCUT2D eigenvalue weighted by molar-refractivity contribution is 9.10. The maximum Gasteiger partial charge on any atom is 0.292 e. The van der Waals surface area contributed by atoms with E-state index in [-0.39, 0.29) is 16.7 Å². The summed E-state index contributed by atoms with van der Waals surface area (Å²) in [4.78, 5) is 10.6. The Labute approximate surface area is 122 Å². The Morgan fingerprint density at radius 2 is 2.00 bits per heavy atom. The number of benzene rings is 1. The topological polar surface area (TPSA) is 55.2 Å². The predicted octanol–water partition coefficient (Wildman–Crippen LogP) is 4.98. The summed E-state index contributed by atoms with van der Waals surface area (Å²) in [5.41, 5.74) is 0.704. The summed E-state index contributed by atoms with van der Waals surface area (Å²) < 4.78 is 0.843. The molecule has 106 valence electrons. The van der Waals surface area contributed by atoms with Gasteiger partial charge in [-0.1, -0.05) is 42.6 Å². The Kier molecular flexibility index (Phi) is 6.28.